The van der Waals surface area contributed by atoms with Crippen LogP contribution in [0, 0.1) is 5.82 Å². The molecule has 0 bridgehead atoms. The van der Waals surface area contributed by atoms with E-state index in [1.165, 1.54) is 18.2 Å². The van der Waals surface area contributed by atoms with Gasteiger partial charge in [0.05, 0.1) is 12.6 Å². The molecule has 1 N–H and O–H groups in total. The Kier molecular flexibility index (Phi) is 2.69. The Bertz CT molecular complexity index is 1030. The third-order valence-electron chi connectivity index (χ3n) is 5.14. The zero-order valence-corrected chi connectivity index (χ0v) is 14.2. The molecule has 2 aliphatic rings. The number of carbonyl (C=O) groups excluding carboxylic acids is 1. The lowest BCUT2D eigenvalue weighted by Crippen LogP contribution is -2.60. The molecule has 2 amide bonds. The van der Waals surface area contributed by atoms with E-state index in [1.54, 1.807) is 25.2 Å². The molecule has 0 radical (unpaired) electrons. The number of carbonyl (C=O) groups is 1. The summed E-state index contributed by atoms with van der Waals surface area (Å²) in [7, 11) is -2.34. The van der Waals surface area contributed by atoms with Gasteiger partial charge < -0.3 is 0 Å². The molecule has 124 valence electrons. The highest BCUT2D eigenvalue weighted by molar-refractivity contribution is 7.90. The number of benzene rings is 2. The van der Waals surface area contributed by atoms with E-state index in [2.05, 4.69) is 4.72 Å². The second-order valence-corrected chi connectivity index (χ2v) is 8.48. The molecule has 1 atom stereocenters. The maximum Gasteiger partial charge on any atom is 0.440 e. The molecule has 0 fully saturated rings. The highest BCUT2D eigenvalue weighted by atomic mass is 32.2. The fourth-order valence-electron chi connectivity index (χ4n) is 3.94. The Morgan fingerprint density at radius 3 is 2.50 bits per heavy atom. The molecule has 7 heteroatoms. The van der Waals surface area contributed by atoms with Crippen molar-refractivity contribution in [1.29, 1.82) is 0 Å². The lowest BCUT2D eigenvalue weighted by molar-refractivity contribution is 0.225. The number of halogens is 1. The smallest absolute Gasteiger partial charge is 0.206 e. The Labute approximate surface area is 139 Å². The third kappa shape index (κ3) is 1.56. The summed E-state index contributed by atoms with van der Waals surface area (Å²) in [5, 5.41) is 0. The zero-order chi connectivity index (χ0) is 17.5. The summed E-state index contributed by atoms with van der Waals surface area (Å²) >= 11 is 0. The number of quaternary nitrogens is 1. The van der Waals surface area contributed by atoms with Crippen molar-refractivity contribution in [3.63, 3.8) is 0 Å². The van der Waals surface area contributed by atoms with Gasteiger partial charge in [-0.15, -0.1) is 0 Å². The first-order valence-corrected chi connectivity index (χ1v) is 8.97. The number of nitrogens with zero attached hydrogens (tertiary/aromatic N) is 1. The normalized spacial score (nSPS) is 25.4. The van der Waals surface area contributed by atoms with E-state index < -0.39 is 31.8 Å². The maximum absolute atomic E-state index is 14.7. The number of rotatable bonds is 0. The summed E-state index contributed by atoms with van der Waals surface area (Å²) in [5.41, 5.74) is 1.12. The van der Waals surface area contributed by atoms with Crippen molar-refractivity contribution in [1.82, 2.24) is 9.21 Å². The summed E-state index contributed by atoms with van der Waals surface area (Å²) < 4.78 is 41.2. The van der Waals surface area contributed by atoms with Gasteiger partial charge in [-0.3, -0.25) is 0 Å². The van der Waals surface area contributed by atoms with Crippen molar-refractivity contribution in [2.24, 2.45) is 0 Å². The van der Waals surface area contributed by atoms with Crippen molar-refractivity contribution in [3.8, 4) is 0 Å². The molecule has 4 rings (SSSR count). The van der Waals surface area contributed by atoms with Crippen LogP contribution in [-0.2, 0) is 15.4 Å². The standard InChI is InChI=1S/C17H15FN2O3S/c1-17(2)10-6-4-9-13-15(10)20(3,16(21)19-24(13,22)23)12-8-5-7-11(18)14(12)17/h4-9H,1-3H3/p+1. The SMILES string of the molecule is CC1(C)c2cccc3c2[N+](C)(C(=O)NS3(=O)=O)c2cccc(F)c21. The summed E-state index contributed by atoms with van der Waals surface area (Å²) in [6.07, 6.45) is 0. The van der Waals surface area contributed by atoms with E-state index in [9.17, 15) is 17.6 Å². The fourth-order valence-corrected chi connectivity index (χ4v) is 5.26. The summed E-state index contributed by atoms with van der Waals surface area (Å²) in [4.78, 5) is 12.8. The van der Waals surface area contributed by atoms with Crippen molar-refractivity contribution >= 4 is 27.4 Å². The Hall–Kier alpha value is -2.25. The van der Waals surface area contributed by atoms with Crippen LogP contribution in [-0.4, -0.2) is 21.5 Å². The van der Waals surface area contributed by atoms with E-state index in [0.717, 1.165) is 0 Å². The lowest BCUT2D eigenvalue weighted by Gasteiger charge is -2.45. The first-order valence-electron chi connectivity index (χ1n) is 7.49. The van der Waals surface area contributed by atoms with Crippen molar-refractivity contribution in [3.05, 3.63) is 53.3 Å². The molecule has 2 aromatic rings. The van der Waals surface area contributed by atoms with Gasteiger partial charge in [0.1, 0.15) is 10.7 Å². The molecule has 0 aliphatic carbocycles. The largest absolute Gasteiger partial charge is 0.440 e. The molecule has 0 aromatic heterocycles. The van der Waals surface area contributed by atoms with Crippen molar-refractivity contribution < 1.29 is 17.6 Å². The van der Waals surface area contributed by atoms with E-state index in [0.29, 0.717) is 22.5 Å². The molecule has 24 heavy (non-hydrogen) atoms. The predicted molar refractivity (Wildman–Crippen MR) is 88.1 cm³/mol. The fraction of sp³-hybridized carbons (Fsp3) is 0.235. The van der Waals surface area contributed by atoms with Gasteiger partial charge in [0.25, 0.3) is 10.0 Å². The van der Waals surface area contributed by atoms with Gasteiger partial charge in [-0.25, -0.2) is 17.6 Å². The van der Waals surface area contributed by atoms with Gasteiger partial charge in [-0.1, -0.05) is 32.0 Å². The number of nitrogens with one attached hydrogen (secondary N) is 1. The van der Waals surface area contributed by atoms with Crippen LogP contribution >= 0.6 is 0 Å². The van der Waals surface area contributed by atoms with Crippen LogP contribution in [0.25, 0.3) is 0 Å². The molecule has 0 saturated heterocycles. The molecular formula is C17H16FN2O3S+. The number of hydrogen-bond donors (Lipinski definition) is 1. The first kappa shape index (κ1) is 15.3. The molecule has 2 heterocycles. The number of fused-ring (bicyclic) bond motifs is 2. The van der Waals surface area contributed by atoms with Crippen LogP contribution < -0.4 is 9.21 Å². The molecule has 1 unspecified atom stereocenters. The Morgan fingerprint density at radius 1 is 1.12 bits per heavy atom. The second-order valence-electron chi connectivity index (χ2n) is 6.83. The molecule has 0 saturated carbocycles. The van der Waals surface area contributed by atoms with Gasteiger partial charge in [0.2, 0.25) is 0 Å². The number of sulfonamides is 1. The van der Waals surface area contributed by atoms with Crippen LogP contribution in [0.2, 0.25) is 0 Å². The predicted octanol–water partition coefficient (Wildman–Crippen LogP) is 3.15. The van der Waals surface area contributed by atoms with E-state index >= 15 is 0 Å². The molecule has 2 aliphatic heterocycles. The third-order valence-corrected chi connectivity index (χ3v) is 6.49. The van der Waals surface area contributed by atoms with E-state index in [-0.39, 0.29) is 4.90 Å². The molecule has 2 aromatic carbocycles. The van der Waals surface area contributed by atoms with Gasteiger partial charge in [-0.05, 0) is 12.1 Å². The minimum absolute atomic E-state index is 0.0603. The van der Waals surface area contributed by atoms with Crippen LogP contribution in [0.5, 0.6) is 0 Å². The molecule has 0 spiro atoms. The van der Waals surface area contributed by atoms with Crippen LogP contribution in [0.15, 0.2) is 41.3 Å². The van der Waals surface area contributed by atoms with Crippen molar-refractivity contribution in [2.75, 3.05) is 7.05 Å². The average Bonchev–Trinajstić information content (AvgIpc) is 2.50. The minimum atomic E-state index is -3.93. The molecular weight excluding hydrogens is 331 g/mol. The quantitative estimate of drug-likeness (QED) is 0.745. The highest BCUT2D eigenvalue weighted by Gasteiger charge is 2.57. The van der Waals surface area contributed by atoms with Gasteiger partial charge in [0, 0.05) is 17.0 Å². The average molecular weight is 347 g/mol. The molecule has 5 nitrogen and oxygen atoms in total. The van der Waals surface area contributed by atoms with Crippen LogP contribution in [0.3, 0.4) is 0 Å². The number of amides is 2. The summed E-state index contributed by atoms with van der Waals surface area (Å²) in [5.74, 6) is -0.408. The lowest BCUT2D eigenvalue weighted by atomic mass is 9.72. The Morgan fingerprint density at radius 2 is 1.79 bits per heavy atom. The Balaban J connectivity index is 2.27. The van der Waals surface area contributed by atoms with Crippen molar-refractivity contribution in [2.45, 2.75) is 24.2 Å². The van der Waals surface area contributed by atoms with Gasteiger partial charge >= 0.3 is 6.03 Å². The van der Waals surface area contributed by atoms with E-state index in [1.807, 2.05) is 13.8 Å². The monoisotopic (exact) mass is 347 g/mol. The second kappa shape index (κ2) is 4.23. The number of para-hydroxylation sites is 1. The van der Waals surface area contributed by atoms with Crippen LogP contribution in [0.1, 0.15) is 25.0 Å². The summed E-state index contributed by atoms with van der Waals surface area (Å²) in [6, 6.07) is 8.73. The van der Waals surface area contributed by atoms with E-state index in [4.69, 9.17) is 0 Å². The number of hydrogen-bond acceptors (Lipinski definition) is 3. The first-order chi connectivity index (χ1) is 11.1. The highest BCUT2D eigenvalue weighted by Crippen LogP contribution is 2.56. The van der Waals surface area contributed by atoms with Gasteiger partial charge in [0.15, 0.2) is 11.4 Å². The van der Waals surface area contributed by atoms with Gasteiger partial charge in [-0.2, -0.15) is 9.21 Å². The maximum atomic E-state index is 14.7. The minimum Gasteiger partial charge on any atom is -0.206 e. The van der Waals surface area contributed by atoms with Crippen LogP contribution in [0.4, 0.5) is 20.6 Å². The number of urea groups is 1. The summed E-state index contributed by atoms with van der Waals surface area (Å²) in [6.45, 7) is 3.68. The topological polar surface area (TPSA) is 63.2 Å². The zero-order valence-electron chi connectivity index (χ0n) is 13.4.